The van der Waals surface area contributed by atoms with Crippen molar-refractivity contribution in [3.8, 4) is 0 Å². The van der Waals surface area contributed by atoms with E-state index in [-0.39, 0.29) is 12.1 Å². The van der Waals surface area contributed by atoms with E-state index in [1.807, 2.05) is 6.92 Å². The summed E-state index contributed by atoms with van der Waals surface area (Å²) < 4.78 is 39.8. The average Bonchev–Trinajstić information content (AvgIpc) is 2.36. The third-order valence-electron chi connectivity index (χ3n) is 2.49. The molecule has 0 radical (unpaired) electrons. The van der Waals surface area contributed by atoms with E-state index in [1.165, 1.54) is 12.1 Å². The summed E-state index contributed by atoms with van der Waals surface area (Å²) in [6.07, 6.45) is 3.53. The van der Waals surface area contributed by atoms with Crippen LogP contribution in [0, 0.1) is 5.82 Å². The van der Waals surface area contributed by atoms with E-state index in [0.29, 0.717) is 6.42 Å². The first-order chi connectivity index (χ1) is 9.36. The molecule has 1 aromatic rings. The predicted octanol–water partition coefficient (Wildman–Crippen LogP) is 2.00. The van der Waals surface area contributed by atoms with Crippen LogP contribution in [-0.4, -0.2) is 26.0 Å². The van der Waals surface area contributed by atoms with E-state index in [1.54, 1.807) is 0 Å². The summed E-state index contributed by atoms with van der Waals surface area (Å²) in [6.45, 7) is 2.16. The largest absolute Gasteiger partial charge is 0.478 e. The van der Waals surface area contributed by atoms with Crippen LogP contribution in [0.15, 0.2) is 29.2 Å². The van der Waals surface area contributed by atoms with Gasteiger partial charge in [0.1, 0.15) is 10.7 Å². The molecule has 0 aliphatic rings. The van der Waals surface area contributed by atoms with E-state index in [9.17, 15) is 17.6 Å². The Morgan fingerprint density at radius 2 is 2.15 bits per heavy atom. The standard InChI is InChI=1S/C13H16FNO4S/c1-2-3-8-15-20(18,19)12-6-4-10(9-11(12)14)5-7-13(16)17/h4-7,9,15H,2-3,8H2,1H3,(H,16,17)/b7-5+. The summed E-state index contributed by atoms with van der Waals surface area (Å²) >= 11 is 0. The van der Waals surface area contributed by atoms with Crippen molar-refractivity contribution >= 4 is 22.1 Å². The lowest BCUT2D eigenvalue weighted by atomic mass is 10.2. The Morgan fingerprint density at radius 1 is 1.45 bits per heavy atom. The van der Waals surface area contributed by atoms with Crippen LogP contribution < -0.4 is 4.72 Å². The van der Waals surface area contributed by atoms with Crippen LogP contribution >= 0.6 is 0 Å². The van der Waals surface area contributed by atoms with Gasteiger partial charge in [0, 0.05) is 12.6 Å². The summed E-state index contributed by atoms with van der Waals surface area (Å²) in [4.78, 5) is 9.90. The minimum absolute atomic E-state index is 0.249. The van der Waals surface area contributed by atoms with Gasteiger partial charge in [0.05, 0.1) is 0 Å². The molecule has 0 bridgehead atoms. The molecule has 1 rings (SSSR count). The molecule has 0 atom stereocenters. The van der Waals surface area contributed by atoms with Crippen LogP contribution in [0.3, 0.4) is 0 Å². The molecule has 2 N–H and O–H groups in total. The van der Waals surface area contributed by atoms with Gasteiger partial charge in [-0.05, 0) is 30.2 Å². The van der Waals surface area contributed by atoms with Crippen molar-refractivity contribution in [2.75, 3.05) is 6.54 Å². The van der Waals surface area contributed by atoms with Crippen molar-refractivity contribution in [2.24, 2.45) is 0 Å². The van der Waals surface area contributed by atoms with Gasteiger partial charge < -0.3 is 5.11 Å². The van der Waals surface area contributed by atoms with E-state index in [0.717, 1.165) is 24.6 Å². The molecule has 0 amide bonds. The lowest BCUT2D eigenvalue weighted by Crippen LogP contribution is -2.25. The van der Waals surface area contributed by atoms with Crippen LogP contribution in [0.25, 0.3) is 6.08 Å². The van der Waals surface area contributed by atoms with Gasteiger partial charge in [-0.3, -0.25) is 0 Å². The summed E-state index contributed by atoms with van der Waals surface area (Å²) in [5.74, 6) is -2.08. The Bertz CT molecular complexity index is 611. The molecule has 0 aliphatic heterocycles. The van der Waals surface area contributed by atoms with Crippen LogP contribution in [-0.2, 0) is 14.8 Å². The van der Waals surface area contributed by atoms with Gasteiger partial charge in [-0.25, -0.2) is 22.3 Å². The molecule has 0 fully saturated rings. The molecule has 0 spiro atoms. The number of hydrogen-bond acceptors (Lipinski definition) is 3. The summed E-state index contributed by atoms with van der Waals surface area (Å²) in [7, 11) is -3.88. The monoisotopic (exact) mass is 301 g/mol. The van der Waals surface area contributed by atoms with Crippen LogP contribution in [0.2, 0.25) is 0 Å². The maximum absolute atomic E-state index is 13.8. The highest BCUT2D eigenvalue weighted by Crippen LogP contribution is 2.17. The number of nitrogens with one attached hydrogen (secondary N) is 1. The van der Waals surface area contributed by atoms with Gasteiger partial charge in [0.15, 0.2) is 0 Å². The lowest BCUT2D eigenvalue weighted by molar-refractivity contribution is -0.131. The molecule has 110 valence electrons. The summed E-state index contributed by atoms with van der Waals surface area (Å²) in [5, 5.41) is 8.46. The highest BCUT2D eigenvalue weighted by molar-refractivity contribution is 7.89. The van der Waals surface area contributed by atoms with Crippen LogP contribution in [0.4, 0.5) is 4.39 Å². The van der Waals surface area contributed by atoms with Gasteiger partial charge >= 0.3 is 5.97 Å². The average molecular weight is 301 g/mol. The smallest absolute Gasteiger partial charge is 0.328 e. The fourth-order valence-corrected chi connectivity index (χ4v) is 2.60. The van der Waals surface area contributed by atoms with Crippen molar-refractivity contribution in [1.29, 1.82) is 0 Å². The SMILES string of the molecule is CCCCNS(=O)(=O)c1ccc(/C=C/C(=O)O)cc1F. The summed E-state index contributed by atoms with van der Waals surface area (Å²) in [6, 6.07) is 3.44. The van der Waals surface area contributed by atoms with Crippen molar-refractivity contribution in [2.45, 2.75) is 24.7 Å². The Labute approximate surface area is 117 Å². The first-order valence-corrected chi connectivity index (χ1v) is 7.55. The summed E-state index contributed by atoms with van der Waals surface area (Å²) in [5.41, 5.74) is 0.275. The maximum Gasteiger partial charge on any atom is 0.328 e. The molecule has 0 unspecified atom stereocenters. The van der Waals surface area contributed by atoms with Gasteiger partial charge in [0.2, 0.25) is 10.0 Å². The molecule has 0 aliphatic carbocycles. The second-order valence-electron chi connectivity index (χ2n) is 4.11. The van der Waals surface area contributed by atoms with Crippen molar-refractivity contribution < 1.29 is 22.7 Å². The van der Waals surface area contributed by atoms with E-state index in [4.69, 9.17) is 5.11 Å². The van der Waals surface area contributed by atoms with Gasteiger partial charge in [0.25, 0.3) is 0 Å². The number of hydrogen-bond donors (Lipinski definition) is 2. The first-order valence-electron chi connectivity index (χ1n) is 6.07. The minimum Gasteiger partial charge on any atom is -0.478 e. The fraction of sp³-hybridized carbons (Fsp3) is 0.308. The quantitative estimate of drug-likeness (QED) is 0.596. The number of aliphatic carboxylic acids is 1. The second-order valence-corrected chi connectivity index (χ2v) is 5.85. The van der Waals surface area contributed by atoms with E-state index < -0.39 is 26.7 Å². The number of unbranched alkanes of at least 4 members (excludes halogenated alkanes) is 1. The number of carboxylic acids is 1. The molecule has 20 heavy (non-hydrogen) atoms. The van der Waals surface area contributed by atoms with Gasteiger partial charge in [-0.1, -0.05) is 19.4 Å². The topological polar surface area (TPSA) is 83.5 Å². The lowest BCUT2D eigenvalue weighted by Gasteiger charge is -2.07. The van der Waals surface area contributed by atoms with Gasteiger partial charge in [-0.2, -0.15) is 0 Å². The Balaban J connectivity index is 2.95. The van der Waals surface area contributed by atoms with Crippen molar-refractivity contribution in [3.05, 3.63) is 35.7 Å². The van der Waals surface area contributed by atoms with Gasteiger partial charge in [-0.15, -0.1) is 0 Å². The maximum atomic E-state index is 13.8. The second kappa shape index (κ2) is 7.16. The minimum atomic E-state index is -3.88. The Hall–Kier alpha value is -1.73. The van der Waals surface area contributed by atoms with E-state index in [2.05, 4.69) is 4.72 Å². The predicted molar refractivity (Wildman–Crippen MR) is 73.2 cm³/mol. The third kappa shape index (κ3) is 4.75. The zero-order chi connectivity index (χ0) is 15.2. The normalized spacial score (nSPS) is 11.9. The number of halogens is 1. The molecule has 5 nitrogen and oxygen atoms in total. The van der Waals surface area contributed by atoms with Crippen molar-refractivity contribution in [3.63, 3.8) is 0 Å². The molecule has 0 saturated carbocycles. The molecular weight excluding hydrogens is 285 g/mol. The van der Waals surface area contributed by atoms with Crippen LogP contribution in [0.1, 0.15) is 25.3 Å². The van der Waals surface area contributed by atoms with E-state index >= 15 is 0 Å². The molecule has 0 heterocycles. The molecule has 0 aromatic heterocycles. The number of benzene rings is 1. The molecule has 7 heteroatoms. The zero-order valence-electron chi connectivity index (χ0n) is 11.0. The highest BCUT2D eigenvalue weighted by Gasteiger charge is 2.18. The third-order valence-corrected chi connectivity index (χ3v) is 3.98. The fourth-order valence-electron chi connectivity index (χ4n) is 1.47. The zero-order valence-corrected chi connectivity index (χ0v) is 11.8. The number of rotatable bonds is 7. The number of carboxylic acid groups (broad SMARTS) is 1. The number of sulfonamides is 1. The molecule has 1 aromatic carbocycles. The number of carbonyl (C=O) groups is 1. The highest BCUT2D eigenvalue weighted by atomic mass is 32.2. The molecular formula is C13H16FNO4S. The van der Waals surface area contributed by atoms with Crippen molar-refractivity contribution in [1.82, 2.24) is 4.72 Å². The Morgan fingerprint density at radius 3 is 2.70 bits per heavy atom. The van der Waals surface area contributed by atoms with Crippen LogP contribution in [0.5, 0.6) is 0 Å². The first kappa shape index (κ1) is 16.3. The molecule has 0 saturated heterocycles. The Kier molecular flexibility index (Phi) is 5.84.